The van der Waals surface area contributed by atoms with Crippen LogP contribution < -0.4 is 4.74 Å². The van der Waals surface area contributed by atoms with E-state index in [1.807, 2.05) is 36.4 Å². The molecule has 3 nitrogen and oxygen atoms in total. The van der Waals surface area contributed by atoms with Crippen molar-refractivity contribution in [1.29, 1.82) is 0 Å². The van der Waals surface area contributed by atoms with Crippen LogP contribution in [0.1, 0.15) is 22.8 Å². The maximum absolute atomic E-state index is 12.0. The summed E-state index contributed by atoms with van der Waals surface area (Å²) < 4.78 is 11.3. The number of para-hydroxylation sites is 1. The van der Waals surface area contributed by atoms with Crippen molar-refractivity contribution in [3.05, 3.63) is 65.7 Å². The van der Waals surface area contributed by atoms with E-state index in [1.165, 1.54) is 0 Å². The molecule has 0 aromatic heterocycles. The second-order valence-electron chi connectivity index (χ2n) is 4.30. The van der Waals surface area contributed by atoms with E-state index in [4.69, 9.17) is 9.47 Å². The summed E-state index contributed by atoms with van der Waals surface area (Å²) in [5.41, 5.74) is 1.28. The number of carbonyl (C=O) groups excluding carboxylic acids is 1. The third kappa shape index (κ3) is 1.64. The Morgan fingerprint density at radius 3 is 2.33 bits per heavy atom. The molecule has 1 atom stereocenters. The van der Waals surface area contributed by atoms with Gasteiger partial charge in [-0.05, 0) is 12.1 Å². The number of ether oxygens (including phenoxy) is 2. The topological polar surface area (TPSA) is 35.5 Å². The highest BCUT2D eigenvalue weighted by Gasteiger charge is 2.39. The summed E-state index contributed by atoms with van der Waals surface area (Å²) in [4.78, 5) is 12.0. The number of esters is 1. The van der Waals surface area contributed by atoms with E-state index in [0.717, 1.165) is 5.56 Å². The second kappa shape index (κ2) is 3.88. The monoisotopic (exact) mass is 240 g/mol. The molecule has 1 heterocycles. The van der Waals surface area contributed by atoms with Gasteiger partial charge in [-0.25, -0.2) is 4.79 Å². The van der Waals surface area contributed by atoms with Crippen molar-refractivity contribution in [3.8, 4) is 5.75 Å². The van der Waals surface area contributed by atoms with Crippen molar-refractivity contribution in [2.75, 3.05) is 0 Å². The molecule has 0 amide bonds. The summed E-state index contributed by atoms with van der Waals surface area (Å²) in [7, 11) is 0. The predicted molar refractivity (Wildman–Crippen MR) is 66.3 cm³/mol. The summed E-state index contributed by atoms with van der Waals surface area (Å²) in [6, 6.07) is 16.5. The molecule has 90 valence electrons. The first kappa shape index (κ1) is 10.8. The highest BCUT2D eigenvalue weighted by Crippen LogP contribution is 2.36. The lowest BCUT2D eigenvalue weighted by Gasteiger charge is -2.34. The van der Waals surface area contributed by atoms with Crippen molar-refractivity contribution in [1.82, 2.24) is 0 Å². The minimum atomic E-state index is -1.06. The number of hydrogen-bond donors (Lipinski definition) is 0. The minimum absolute atomic E-state index is 0.358. The molecule has 0 saturated heterocycles. The van der Waals surface area contributed by atoms with Crippen LogP contribution in [0.2, 0.25) is 0 Å². The molecule has 0 bridgehead atoms. The zero-order chi connectivity index (χ0) is 12.6. The maximum Gasteiger partial charge on any atom is 0.345 e. The first-order chi connectivity index (χ1) is 8.69. The fourth-order valence-corrected chi connectivity index (χ4v) is 2.05. The molecule has 0 N–H and O–H groups in total. The molecule has 18 heavy (non-hydrogen) atoms. The average molecular weight is 240 g/mol. The van der Waals surface area contributed by atoms with E-state index in [-0.39, 0.29) is 5.97 Å². The standard InChI is InChI=1S/C15H12O3/c1-15(11-7-3-2-4-8-11)17-13-10-6-5-9-12(13)14(16)18-15/h2-10H,1H3. The Labute approximate surface area is 105 Å². The first-order valence-corrected chi connectivity index (χ1v) is 5.76. The summed E-state index contributed by atoms with van der Waals surface area (Å²) in [5.74, 6) is -0.865. The van der Waals surface area contributed by atoms with E-state index in [1.54, 1.807) is 25.1 Å². The minimum Gasteiger partial charge on any atom is -0.447 e. The fraction of sp³-hybridized carbons (Fsp3) is 0.133. The van der Waals surface area contributed by atoms with Gasteiger partial charge in [0, 0.05) is 12.5 Å². The zero-order valence-corrected chi connectivity index (χ0v) is 9.92. The van der Waals surface area contributed by atoms with Gasteiger partial charge in [0.25, 0.3) is 5.79 Å². The third-order valence-corrected chi connectivity index (χ3v) is 3.00. The van der Waals surface area contributed by atoms with Gasteiger partial charge < -0.3 is 9.47 Å². The molecule has 1 aliphatic heterocycles. The van der Waals surface area contributed by atoms with Crippen molar-refractivity contribution in [3.63, 3.8) is 0 Å². The van der Waals surface area contributed by atoms with E-state index in [2.05, 4.69) is 0 Å². The van der Waals surface area contributed by atoms with Gasteiger partial charge in [-0.15, -0.1) is 0 Å². The van der Waals surface area contributed by atoms with Gasteiger partial charge in [0.2, 0.25) is 0 Å². The lowest BCUT2D eigenvalue weighted by Crippen LogP contribution is -2.39. The SMILES string of the molecule is CC1(c2ccccc2)OC(=O)c2ccccc2O1. The average Bonchev–Trinajstić information content (AvgIpc) is 2.40. The summed E-state index contributed by atoms with van der Waals surface area (Å²) in [6.45, 7) is 1.75. The van der Waals surface area contributed by atoms with Crippen LogP contribution in [0.3, 0.4) is 0 Å². The van der Waals surface area contributed by atoms with Crippen LogP contribution in [0.15, 0.2) is 54.6 Å². The van der Waals surface area contributed by atoms with Crippen molar-refractivity contribution < 1.29 is 14.3 Å². The van der Waals surface area contributed by atoms with E-state index >= 15 is 0 Å². The van der Waals surface area contributed by atoms with Crippen LogP contribution >= 0.6 is 0 Å². The number of benzene rings is 2. The van der Waals surface area contributed by atoms with Crippen molar-refractivity contribution in [2.24, 2.45) is 0 Å². The lowest BCUT2D eigenvalue weighted by molar-refractivity contribution is -0.148. The van der Waals surface area contributed by atoms with E-state index < -0.39 is 5.79 Å². The number of fused-ring (bicyclic) bond motifs is 1. The molecule has 0 saturated carbocycles. The van der Waals surface area contributed by atoms with E-state index in [9.17, 15) is 4.79 Å². The van der Waals surface area contributed by atoms with Gasteiger partial charge in [0.05, 0.1) is 0 Å². The number of rotatable bonds is 1. The number of hydrogen-bond acceptors (Lipinski definition) is 3. The smallest absolute Gasteiger partial charge is 0.345 e. The van der Waals surface area contributed by atoms with Crippen LogP contribution in [0.5, 0.6) is 5.75 Å². The normalized spacial score (nSPS) is 21.7. The van der Waals surface area contributed by atoms with Crippen LogP contribution in [0.4, 0.5) is 0 Å². The molecule has 0 fully saturated rings. The molecule has 0 spiro atoms. The molecule has 0 aliphatic carbocycles. The van der Waals surface area contributed by atoms with Gasteiger partial charge in [-0.1, -0.05) is 42.5 Å². The number of cyclic esters (lactones) is 1. The van der Waals surface area contributed by atoms with Crippen LogP contribution in [0.25, 0.3) is 0 Å². The molecule has 1 unspecified atom stereocenters. The van der Waals surface area contributed by atoms with Gasteiger partial charge >= 0.3 is 5.97 Å². The second-order valence-corrected chi connectivity index (χ2v) is 4.30. The van der Waals surface area contributed by atoms with Gasteiger partial charge in [0.1, 0.15) is 11.3 Å². The quantitative estimate of drug-likeness (QED) is 0.718. The Kier molecular flexibility index (Phi) is 2.33. The lowest BCUT2D eigenvalue weighted by atomic mass is 10.1. The molecule has 0 radical (unpaired) electrons. The molecule has 2 aromatic rings. The summed E-state index contributed by atoms with van der Waals surface area (Å²) >= 11 is 0. The fourth-order valence-electron chi connectivity index (χ4n) is 2.05. The third-order valence-electron chi connectivity index (χ3n) is 3.00. The largest absolute Gasteiger partial charge is 0.447 e. The van der Waals surface area contributed by atoms with Crippen LogP contribution in [0, 0.1) is 0 Å². The highest BCUT2D eigenvalue weighted by molar-refractivity contribution is 5.93. The number of carbonyl (C=O) groups is 1. The maximum atomic E-state index is 12.0. The molecule has 3 rings (SSSR count). The zero-order valence-electron chi connectivity index (χ0n) is 9.92. The predicted octanol–water partition coefficient (Wildman–Crippen LogP) is 3.11. The van der Waals surface area contributed by atoms with E-state index in [0.29, 0.717) is 11.3 Å². The first-order valence-electron chi connectivity index (χ1n) is 5.76. The molecule has 2 aromatic carbocycles. The van der Waals surface area contributed by atoms with Gasteiger partial charge in [0.15, 0.2) is 0 Å². The molecular weight excluding hydrogens is 228 g/mol. The Balaban J connectivity index is 2.06. The Hall–Kier alpha value is -2.29. The molecule has 3 heteroatoms. The molecular formula is C15H12O3. The van der Waals surface area contributed by atoms with Gasteiger partial charge in [-0.2, -0.15) is 0 Å². The van der Waals surface area contributed by atoms with Crippen LogP contribution in [-0.4, -0.2) is 5.97 Å². The van der Waals surface area contributed by atoms with Crippen LogP contribution in [-0.2, 0) is 10.5 Å². The Morgan fingerprint density at radius 1 is 0.889 bits per heavy atom. The molecule has 1 aliphatic rings. The van der Waals surface area contributed by atoms with Crippen molar-refractivity contribution >= 4 is 5.97 Å². The highest BCUT2D eigenvalue weighted by atomic mass is 16.7. The van der Waals surface area contributed by atoms with Gasteiger partial charge in [-0.3, -0.25) is 0 Å². The Morgan fingerprint density at radius 2 is 1.56 bits per heavy atom. The Bertz CT molecular complexity index is 592. The van der Waals surface area contributed by atoms with Crippen molar-refractivity contribution in [2.45, 2.75) is 12.7 Å². The summed E-state index contributed by atoms with van der Waals surface area (Å²) in [6.07, 6.45) is 0. The summed E-state index contributed by atoms with van der Waals surface area (Å²) in [5, 5.41) is 0.